The van der Waals surface area contributed by atoms with Gasteiger partial charge < -0.3 is 20.3 Å². The smallest absolute Gasteiger partial charge is 0.261 e. The average Bonchev–Trinajstić information content (AvgIpc) is 3.35. The lowest BCUT2D eigenvalue weighted by Crippen LogP contribution is -2.18. The molecule has 0 atom stereocenters. The van der Waals surface area contributed by atoms with Crippen molar-refractivity contribution in [3.05, 3.63) is 113 Å². The van der Waals surface area contributed by atoms with E-state index < -0.39 is 5.91 Å². The first-order valence-corrected chi connectivity index (χ1v) is 13.5. The summed E-state index contributed by atoms with van der Waals surface area (Å²) in [5.74, 6) is 0.897. The summed E-state index contributed by atoms with van der Waals surface area (Å²) in [5.41, 5.74) is 13.4. The topological polar surface area (TPSA) is 116 Å². The minimum atomic E-state index is -0.481. The number of para-hydroxylation sites is 1. The standard InChI is InChI=1S/C34H25N5O3/c1-19-12-15-22(16-13-19)25-18-24-23-10-6-7-11-26(23)41-34-28(24)31(36-25)29(32(35)38-34)33(40)37-30-20(2)39-42-27(30)17-14-21-8-4-3-5-9-21/h3-18H,1-2H3,(H2,35,38)(H,37,40)/b17-14+. The second kappa shape index (κ2) is 10.0. The lowest BCUT2D eigenvalue weighted by Gasteiger charge is -2.22. The summed E-state index contributed by atoms with van der Waals surface area (Å²) in [5, 5.41) is 7.65. The summed E-state index contributed by atoms with van der Waals surface area (Å²) in [6, 6.07) is 27.6. The fourth-order valence-corrected chi connectivity index (χ4v) is 5.11. The predicted molar refractivity (Wildman–Crippen MR) is 164 cm³/mol. The Morgan fingerprint density at radius 1 is 0.881 bits per heavy atom. The molecule has 0 aliphatic carbocycles. The fourth-order valence-electron chi connectivity index (χ4n) is 5.11. The van der Waals surface area contributed by atoms with Gasteiger partial charge in [0.2, 0.25) is 5.88 Å². The van der Waals surface area contributed by atoms with Gasteiger partial charge in [0.1, 0.15) is 28.5 Å². The molecule has 1 aliphatic heterocycles. The van der Waals surface area contributed by atoms with Gasteiger partial charge in [0.05, 0.1) is 16.6 Å². The number of anilines is 2. The van der Waals surface area contributed by atoms with Crippen LogP contribution in [0.25, 0.3) is 45.4 Å². The van der Waals surface area contributed by atoms with Gasteiger partial charge >= 0.3 is 0 Å². The number of ether oxygens (including phenoxy) is 1. The third-order valence-corrected chi connectivity index (χ3v) is 7.26. The van der Waals surface area contributed by atoms with Crippen molar-refractivity contribution in [2.75, 3.05) is 11.1 Å². The average molecular weight is 552 g/mol. The number of benzene rings is 3. The number of nitrogen functional groups attached to an aromatic ring is 1. The summed E-state index contributed by atoms with van der Waals surface area (Å²) >= 11 is 0. The SMILES string of the molecule is Cc1ccc(-c2cc3c4c(nc(N)c(C(=O)Nc5c(C)noc5/C=C/c5ccccc5)c4n2)Oc2ccccc2-3)cc1. The van der Waals surface area contributed by atoms with E-state index in [4.69, 9.17) is 20.0 Å². The molecule has 42 heavy (non-hydrogen) atoms. The van der Waals surface area contributed by atoms with E-state index in [1.165, 1.54) is 0 Å². The number of fused-ring (bicyclic) bond motifs is 2. The lowest BCUT2D eigenvalue weighted by molar-refractivity contribution is 0.102. The number of nitrogens with one attached hydrogen (secondary N) is 1. The molecule has 3 aromatic carbocycles. The van der Waals surface area contributed by atoms with Crippen LogP contribution in [0.3, 0.4) is 0 Å². The summed E-state index contributed by atoms with van der Waals surface area (Å²) in [6.07, 6.45) is 3.65. The highest BCUT2D eigenvalue weighted by Crippen LogP contribution is 2.47. The quantitative estimate of drug-likeness (QED) is 0.225. The van der Waals surface area contributed by atoms with Crippen molar-refractivity contribution in [1.29, 1.82) is 0 Å². The first kappa shape index (κ1) is 25.2. The molecule has 0 saturated carbocycles. The normalized spacial score (nSPS) is 11.9. The van der Waals surface area contributed by atoms with Crippen molar-refractivity contribution in [3.63, 3.8) is 0 Å². The highest BCUT2D eigenvalue weighted by molar-refractivity contribution is 6.19. The highest BCUT2D eigenvalue weighted by atomic mass is 16.5. The lowest BCUT2D eigenvalue weighted by atomic mass is 9.95. The number of nitrogens with two attached hydrogens (primary N) is 1. The minimum absolute atomic E-state index is 0.00405. The second-order valence-corrected chi connectivity index (χ2v) is 10.1. The van der Waals surface area contributed by atoms with Crippen LogP contribution in [0.4, 0.5) is 11.5 Å². The molecule has 6 aromatic rings. The van der Waals surface area contributed by atoms with Crippen LogP contribution in [-0.4, -0.2) is 21.0 Å². The molecule has 0 bridgehead atoms. The summed E-state index contributed by atoms with van der Waals surface area (Å²) < 4.78 is 11.7. The number of nitrogens with zero attached hydrogens (tertiary/aromatic N) is 3. The minimum Gasteiger partial charge on any atom is -0.438 e. The molecule has 0 unspecified atom stereocenters. The maximum atomic E-state index is 14.0. The van der Waals surface area contributed by atoms with Crippen molar-refractivity contribution in [2.24, 2.45) is 0 Å². The molecule has 3 aromatic heterocycles. The van der Waals surface area contributed by atoms with Crippen molar-refractivity contribution >= 4 is 40.5 Å². The Morgan fingerprint density at radius 3 is 2.45 bits per heavy atom. The van der Waals surface area contributed by atoms with E-state index in [1.807, 2.05) is 97.9 Å². The molecule has 204 valence electrons. The summed E-state index contributed by atoms with van der Waals surface area (Å²) in [4.78, 5) is 23.5. The second-order valence-electron chi connectivity index (χ2n) is 10.1. The number of hydrogen-bond acceptors (Lipinski definition) is 7. The molecule has 3 N–H and O–H groups in total. The molecule has 8 heteroatoms. The van der Waals surface area contributed by atoms with Crippen LogP contribution in [0.5, 0.6) is 11.6 Å². The van der Waals surface area contributed by atoms with Crippen LogP contribution in [0.1, 0.15) is 32.9 Å². The van der Waals surface area contributed by atoms with Crippen LogP contribution in [0.15, 0.2) is 89.5 Å². The maximum absolute atomic E-state index is 14.0. The van der Waals surface area contributed by atoms with Gasteiger partial charge in [-0.3, -0.25) is 4.79 Å². The van der Waals surface area contributed by atoms with Crippen LogP contribution < -0.4 is 15.8 Å². The Morgan fingerprint density at radius 2 is 1.64 bits per heavy atom. The third-order valence-electron chi connectivity index (χ3n) is 7.26. The van der Waals surface area contributed by atoms with E-state index in [-0.39, 0.29) is 11.4 Å². The zero-order valence-electron chi connectivity index (χ0n) is 22.9. The number of aryl methyl sites for hydroxylation is 2. The molecule has 0 radical (unpaired) electrons. The first-order valence-electron chi connectivity index (χ1n) is 13.5. The third kappa shape index (κ3) is 4.35. The zero-order valence-corrected chi connectivity index (χ0v) is 22.9. The van der Waals surface area contributed by atoms with Gasteiger partial charge in [-0.25, -0.2) is 4.98 Å². The number of aromatic nitrogens is 3. The van der Waals surface area contributed by atoms with E-state index >= 15 is 0 Å². The number of amides is 1. The van der Waals surface area contributed by atoms with Crippen LogP contribution in [-0.2, 0) is 0 Å². The van der Waals surface area contributed by atoms with Crippen LogP contribution in [0.2, 0.25) is 0 Å². The van der Waals surface area contributed by atoms with Crippen molar-refractivity contribution in [2.45, 2.75) is 13.8 Å². The molecule has 8 nitrogen and oxygen atoms in total. The van der Waals surface area contributed by atoms with Gasteiger partial charge in [-0.05, 0) is 37.6 Å². The number of hydrogen-bond donors (Lipinski definition) is 2. The van der Waals surface area contributed by atoms with E-state index in [2.05, 4.69) is 15.5 Å². The van der Waals surface area contributed by atoms with Crippen LogP contribution >= 0.6 is 0 Å². The maximum Gasteiger partial charge on any atom is 0.261 e. The molecular formula is C34H25N5O3. The van der Waals surface area contributed by atoms with Crippen molar-refractivity contribution in [1.82, 2.24) is 15.1 Å². The van der Waals surface area contributed by atoms with Crippen molar-refractivity contribution in [3.8, 4) is 34.0 Å². The van der Waals surface area contributed by atoms with E-state index in [9.17, 15) is 4.79 Å². The van der Waals surface area contributed by atoms with Gasteiger partial charge in [-0.2, -0.15) is 4.98 Å². The Balaban J connectivity index is 1.38. The number of rotatable bonds is 5. The van der Waals surface area contributed by atoms with Gasteiger partial charge in [0, 0.05) is 16.7 Å². The van der Waals surface area contributed by atoms with E-state index in [1.54, 1.807) is 13.0 Å². The Hall–Kier alpha value is -5.76. The molecule has 0 fully saturated rings. The number of carbonyl (C=O) groups is 1. The van der Waals surface area contributed by atoms with E-state index in [0.717, 1.165) is 27.8 Å². The monoisotopic (exact) mass is 551 g/mol. The molecule has 0 saturated heterocycles. The van der Waals surface area contributed by atoms with Gasteiger partial charge in [-0.1, -0.05) is 89.6 Å². The Bertz CT molecular complexity index is 2030. The fraction of sp³-hybridized carbons (Fsp3) is 0.0588. The van der Waals surface area contributed by atoms with E-state index in [0.29, 0.717) is 45.4 Å². The molecule has 1 amide bonds. The largest absolute Gasteiger partial charge is 0.438 e. The van der Waals surface area contributed by atoms with Crippen molar-refractivity contribution < 1.29 is 14.1 Å². The summed E-state index contributed by atoms with van der Waals surface area (Å²) in [6.45, 7) is 3.79. The molecule has 7 rings (SSSR count). The highest BCUT2D eigenvalue weighted by Gasteiger charge is 2.29. The summed E-state index contributed by atoms with van der Waals surface area (Å²) in [7, 11) is 0. The number of pyridine rings is 2. The number of carbonyl (C=O) groups excluding carboxylic acids is 1. The van der Waals surface area contributed by atoms with Gasteiger partial charge in [0.15, 0.2) is 5.76 Å². The molecular weight excluding hydrogens is 526 g/mol. The molecule has 1 aliphatic rings. The predicted octanol–water partition coefficient (Wildman–Crippen LogP) is 7.68. The Labute approximate surface area is 241 Å². The molecule has 4 heterocycles. The zero-order chi connectivity index (χ0) is 28.8. The Kier molecular flexibility index (Phi) is 6.01. The van der Waals surface area contributed by atoms with Gasteiger partial charge in [-0.15, -0.1) is 0 Å². The molecule has 0 spiro atoms. The first-order chi connectivity index (χ1) is 20.5. The van der Waals surface area contributed by atoms with Gasteiger partial charge in [0.25, 0.3) is 5.91 Å². The van der Waals surface area contributed by atoms with Crippen LogP contribution in [0, 0.1) is 13.8 Å².